The highest BCUT2D eigenvalue weighted by Crippen LogP contribution is 2.29. The highest BCUT2D eigenvalue weighted by Gasteiger charge is 2.25. The first kappa shape index (κ1) is 22.7. The summed E-state index contributed by atoms with van der Waals surface area (Å²) in [5.41, 5.74) is 1.97. The summed E-state index contributed by atoms with van der Waals surface area (Å²) in [6, 6.07) is 13.7. The van der Waals surface area contributed by atoms with Gasteiger partial charge in [-0.2, -0.15) is 0 Å². The Labute approximate surface area is 184 Å². The number of carbonyl (C=O) groups is 1. The minimum absolute atomic E-state index is 0.0434. The maximum Gasteiger partial charge on any atom is 0.306 e. The maximum atomic E-state index is 11.7. The summed E-state index contributed by atoms with van der Waals surface area (Å²) in [5, 5.41) is 0.712. The number of halogens is 1. The first-order valence-electron chi connectivity index (χ1n) is 10.7. The van der Waals surface area contributed by atoms with E-state index in [-0.39, 0.29) is 24.3 Å². The number of carbonyl (C=O) groups excluding carboxylic acids is 1. The van der Waals surface area contributed by atoms with Crippen molar-refractivity contribution < 1.29 is 14.3 Å². The van der Waals surface area contributed by atoms with E-state index in [0.717, 1.165) is 50.2 Å². The van der Waals surface area contributed by atoms with E-state index in [1.807, 2.05) is 56.3 Å². The third-order valence-electron chi connectivity index (χ3n) is 5.21. The molecule has 1 saturated heterocycles. The molecule has 0 unspecified atom stereocenters. The van der Waals surface area contributed by atoms with E-state index in [1.165, 1.54) is 0 Å². The fourth-order valence-electron chi connectivity index (χ4n) is 3.72. The van der Waals surface area contributed by atoms with Gasteiger partial charge in [-0.3, -0.25) is 9.78 Å². The van der Waals surface area contributed by atoms with Crippen LogP contribution in [-0.4, -0.2) is 47.7 Å². The van der Waals surface area contributed by atoms with E-state index in [1.54, 1.807) is 6.20 Å². The first-order chi connectivity index (χ1) is 14.5. The third kappa shape index (κ3) is 7.08. The van der Waals surface area contributed by atoms with Crippen molar-refractivity contribution >= 4 is 17.6 Å². The fourth-order valence-corrected chi connectivity index (χ4v) is 3.84. The lowest BCUT2D eigenvalue weighted by Gasteiger charge is -2.34. The van der Waals surface area contributed by atoms with Crippen molar-refractivity contribution in [2.75, 3.05) is 19.6 Å². The molecule has 0 saturated carbocycles. The van der Waals surface area contributed by atoms with Gasteiger partial charge in [-0.1, -0.05) is 29.8 Å². The second kappa shape index (κ2) is 11.4. The molecule has 1 atom stereocenters. The van der Waals surface area contributed by atoms with Crippen LogP contribution in [0.5, 0.6) is 0 Å². The molecule has 2 aromatic rings. The van der Waals surface area contributed by atoms with Crippen LogP contribution < -0.4 is 0 Å². The van der Waals surface area contributed by atoms with Crippen LogP contribution in [0.15, 0.2) is 48.7 Å². The Balaban J connectivity index is 1.51. The molecule has 6 heteroatoms. The quantitative estimate of drug-likeness (QED) is 0.522. The first-order valence-corrected chi connectivity index (χ1v) is 11.1. The molecule has 5 nitrogen and oxygen atoms in total. The fraction of sp³-hybridized carbons (Fsp3) is 0.500. The number of ether oxygens (including phenoxy) is 2. The molecule has 3 rings (SSSR count). The average molecular weight is 431 g/mol. The normalized spacial score (nSPS) is 16.5. The zero-order valence-electron chi connectivity index (χ0n) is 17.8. The van der Waals surface area contributed by atoms with Gasteiger partial charge in [-0.05, 0) is 69.5 Å². The van der Waals surface area contributed by atoms with Gasteiger partial charge in [0.05, 0.1) is 17.9 Å². The molecule has 1 aromatic heterocycles. The summed E-state index contributed by atoms with van der Waals surface area (Å²) in [6.07, 6.45) is 4.97. The molecule has 2 heterocycles. The summed E-state index contributed by atoms with van der Waals surface area (Å²) in [6.45, 7) is 6.62. The number of piperidine rings is 1. The Hall–Kier alpha value is -1.95. The average Bonchev–Trinajstić information content (AvgIpc) is 2.74. The molecular formula is C24H31ClN2O3. The van der Waals surface area contributed by atoms with Crippen LogP contribution in [0.3, 0.4) is 0 Å². The summed E-state index contributed by atoms with van der Waals surface area (Å²) in [7, 11) is 0. The zero-order valence-corrected chi connectivity index (χ0v) is 18.6. The Kier molecular flexibility index (Phi) is 8.67. The highest BCUT2D eigenvalue weighted by atomic mass is 35.5. The van der Waals surface area contributed by atoms with Crippen molar-refractivity contribution in [2.24, 2.45) is 0 Å². The number of hydrogen-bond acceptors (Lipinski definition) is 5. The van der Waals surface area contributed by atoms with Crippen molar-refractivity contribution in [2.45, 2.75) is 57.8 Å². The summed E-state index contributed by atoms with van der Waals surface area (Å²) >= 11 is 6.07. The molecule has 162 valence electrons. The molecular weight excluding hydrogens is 400 g/mol. The molecule has 1 fully saturated rings. The number of aromatic nitrogens is 1. The van der Waals surface area contributed by atoms with Crippen LogP contribution in [0.4, 0.5) is 0 Å². The predicted molar refractivity (Wildman–Crippen MR) is 119 cm³/mol. The minimum Gasteiger partial charge on any atom is -0.463 e. The van der Waals surface area contributed by atoms with Gasteiger partial charge in [0.2, 0.25) is 0 Å². The van der Waals surface area contributed by atoms with E-state index in [9.17, 15) is 4.79 Å². The van der Waals surface area contributed by atoms with Crippen LogP contribution in [-0.2, 0) is 14.3 Å². The Morgan fingerprint density at radius 1 is 1.17 bits per heavy atom. The van der Waals surface area contributed by atoms with E-state index in [0.29, 0.717) is 11.4 Å². The van der Waals surface area contributed by atoms with Gasteiger partial charge in [0, 0.05) is 30.7 Å². The van der Waals surface area contributed by atoms with E-state index >= 15 is 0 Å². The van der Waals surface area contributed by atoms with Gasteiger partial charge < -0.3 is 14.4 Å². The largest absolute Gasteiger partial charge is 0.463 e. The number of esters is 1. The molecule has 0 spiro atoms. The lowest BCUT2D eigenvalue weighted by molar-refractivity contribution is -0.147. The number of likely N-dealkylation sites (tertiary alicyclic amines) is 1. The molecule has 30 heavy (non-hydrogen) atoms. The van der Waals surface area contributed by atoms with Crippen molar-refractivity contribution in [1.29, 1.82) is 0 Å². The van der Waals surface area contributed by atoms with Crippen molar-refractivity contribution in [3.05, 3.63) is 64.9 Å². The van der Waals surface area contributed by atoms with Crippen LogP contribution in [0.2, 0.25) is 5.02 Å². The van der Waals surface area contributed by atoms with E-state index < -0.39 is 0 Å². The van der Waals surface area contributed by atoms with Gasteiger partial charge in [0.25, 0.3) is 0 Å². The maximum absolute atomic E-state index is 11.7. The van der Waals surface area contributed by atoms with Crippen molar-refractivity contribution in [3.63, 3.8) is 0 Å². The molecule has 0 radical (unpaired) electrons. The molecule has 0 N–H and O–H groups in total. The van der Waals surface area contributed by atoms with Crippen molar-refractivity contribution in [3.8, 4) is 0 Å². The second-order valence-corrected chi connectivity index (χ2v) is 8.44. The molecule has 0 aliphatic carbocycles. The van der Waals surface area contributed by atoms with E-state index in [2.05, 4.69) is 9.88 Å². The number of hydrogen-bond donors (Lipinski definition) is 0. The SMILES string of the molecule is CC(C)OC(=O)CCCN1CCC(O[C@@H](c2ccc(Cl)cc2)c2ccccn2)CC1. The van der Waals surface area contributed by atoms with Gasteiger partial charge >= 0.3 is 5.97 Å². The van der Waals surface area contributed by atoms with Crippen LogP contribution in [0.25, 0.3) is 0 Å². The summed E-state index contributed by atoms with van der Waals surface area (Å²) in [5.74, 6) is -0.107. The van der Waals surface area contributed by atoms with Crippen molar-refractivity contribution in [1.82, 2.24) is 9.88 Å². The zero-order chi connectivity index (χ0) is 21.3. The third-order valence-corrected chi connectivity index (χ3v) is 5.47. The predicted octanol–water partition coefficient (Wildman–Crippen LogP) is 5.04. The lowest BCUT2D eigenvalue weighted by atomic mass is 10.0. The standard InChI is InChI=1S/C24H31ClN2O3/c1-18(2)29-23(28)7-5-15-27-16-12-21(13-17-27)30-24(22-6-3-4-14-26-22)19-8-10-20(25)11-9-19/h3-4,6,8-11,14,18,21,24H,5,7,12-13,15-17H2,1-2H3/t24-/m0/s1. The molecule has 1 aliphatic rings. The summed E-state index contributed by atoms with van der Waals surface area (Å²) in [4.78, 5) is 18.6. The Bertz CT molecular complexity index is 775. The number of pyridine rings is 1. The second-order valence-electron chi connectivity index (χ2n) is 8.01. The molecule has 1 aliphatic heterocycles. The molecule has 0 bridgehead atoms. The monoisotopic (exact) mass is 430 g/mol. The smallest absolute Gasteiger partial charge is 0.306 e. The van der Waals surface area contributed by atoms with Crippen LogP contribution in [0.1, 0.15) is 56.9 Å². The van der Waals surface area contributed by atoms with Crippen LogP contribution >= 0.6 is 11.6 Å². The van der Waals surface area contributed by atoms with Gasteiger partial charge in [-0.25, -0.2) is 0 Å². The topological polar surface area (TPSA) is 51.7 Å². The Morgan fingerprint density at radius 3 is 2.53 bits per heavy atom. The minimum atomic E-state index is -0.203. The highest BCUT2D eigenvalue weighted by molar-refractivity contribution is 6.30. The van der Waals surface area contributed by atoms with Gasteiger partial charge in [0.15, 0.2) is 0 Å². The summed E-state index contributed by atoms with van der Waals surface area (Å²) < 4.78 is 11.7. The van der Waals surface area contributed by atoms with Crippen LogP contribution in [0, 0.1) is 0 Å². The molecule has 0 amide bonds. The van der Waals surface area contributed by atoms with Gasteiger partial charge in [-0.15, -0.1) is 0 Å². The lowest BCUT2D eigenvalue weighted by Crippen LogP contribution is -2.38. The Morgan fingerprint density at radius 2 is 1.90 bits per heavy atom. The number of nitrogens with zero attached hydrogens (tertiary/aromatic N) is 2. The number of benzene rings is 1. The van der Waals surface area contributed by atoms with Gasteiger partial charge in [0.1, 0.15) is 6.10 Å². The molecule has 1 aromatic carbocycles. The van der Waals surface area contributed by atoms with E-state index in [4.69, 9.17) is 21.1 Å². The number of rotatable bonds is 9.